The molecule has 27 heavy (non-hydrogen) atoms. The van der Waals surface area contributed by atoms with Crippen LogP contribution in [0.25, 0.3) is 6.08 Å². The van der Waals surface area contributed by atoms with Crippen LogP contribution in [0.3, 0.4) is 0 Å². The van der Waals surface area contributed by atoms with Gasteiger partial charge in [-0.1, -0.05) is 54.3 Å². The number of halogens is 3. The van der Waals surface area contributed by atoms with Crippen molar-refractivity contribution in [2.75, 3.05) is 4.90 Å². The number of rotatable bonds is 3. The molecule has 0 radical (unpaired) electrons. The van der Waals surface area contributed by atoms with E-state index in [1.165, 1.54) is 42.5 Å². The molecule has 0 aromatic heterocycles. The van der Waals surface area contributed by atoms with Crippen molar-refractivity contribution in [3.63, 3.8) is 0 Å². The van der Waals surface area contributed by atoms with Gasteiger partial charge in [-0.15, -0.1) is 0 Å². The van der Waals surface area contributed by atoms with Crippen LogP contribution in [-0.2, 0) is 11.0 Å². The van der Waals surface area contributed by atoms with Gasteiger partial charge in [0, 0.05) is 0 Å². The Balaban J connectivity index is 1.90. The van der Waals surface area contributed by atoms with Crippen LogP contribution in [0.1, 0.15) is 21.5 Å². The topological polar surface area (TPSA) is 60.4 Å². The van der Waals surface area contributed by atoms with Crippen LogP contribution < -0.4 is 10.0 Å². The number of carboxylic acid groups (broad SMARTS) is 1. The van der Waals surface area contributed by atoms with Gasteiger partial charge >= 0.3 is 6.18 Å². The highest BCUT2D eigenvalue weighted by atomic mass is 32.2. The molecule has 1 amide bonds. The second kappa shape index (κ2) is 7.16. The first-order chi connectivity index (χ1) is 12.7. The summed E-state index contributed by atoms with van der Waals surface area (Å²) in [5, 5.41) is 10.8. The van der Waals surface area contributed by atoms with E-state index in [2.05, 4.69) is 0 Å². The Morgan fingerprint density at radius 1 is 1.15 bits per heavy atom. The van der Waals surface area contributed by atoms with E-state index in [0.29, 0.717) is 5.56 Å². The number of anilines is 1. The summed E-state index contributed by atoms with van der Waals surface area (Å²) in [4.78, 5) is 24.6. The second-order valence-electron chi connectivity index (χ2n) is 5.47. The van der Waals surface area contributed by atoms with Gasteiger partial charge < -0.3 is 9.90 Å². The molecule has 1 saturated heterocycles. The van der Waals surface area contributed by atoms with E-state index in [-0.39, 0.29) is 20.5 Å². The first-order valence-corrected chi connectivity index (χ1v) is 8.66. The number of nitrogens with zero attached hydrogens (tertiary/aromatic N) is 1. The molecule has 1 fully saturated rings. The van der Waals surface area contributed by atoms with Gasteiger partial charge in [0.25, 0.3) is 5.91 Å². The average molecular weight is 408 g/mol. The largest absolute Gasteiger partial charge is 0.545 e. The zero-order valence-electron chi connectivity index (χ0n) is 13.3. The molecule has 1 aliphatic rings. The van der Waals surface area contributed by atoms with Gasteiger partial charge in [0.1, 0.15) is 0 Å². The lowest BCUT2D eigenvalue weighted by atomic mass is 10.1. The van der Waals surface area contributed by atoms with Crippen LogP contribution in [0.5, 0.6) is 0 Å². The van der Waals surface area contributed by atoms with E-state index in [9.17, 15) is 27.9 Å². The summed E-state index contributed by atoms with van der Waals surface area (Å²) in [6.45, 7) is 0. The Bertz CT molecular complexity index is 969. The lowest BCUT2D eigenvalue weighted by molar-refractivity contribution is -0.255. The van der Waals surface area contributed by atoms with Crippen molar-refractivity contribution in [2.24, 2.45) is 0 Å². The minimum absolute atomic E-state index is 0.0105. The number of thioether (sulfide) groups is 1. The minimum Gasteiger partial charge on any atom is -0.545 e. The monoisotopic (exact) mass is 408 g/mol. The molecule has 1 aliphatic heterocycles. The fourth-order valence-electron chi connectivity index (χ4n) is 2.38. The Morgan fingerprint density at radius 2 is 1.81 bits per heavy atom. The molecule has 3 rings (SSSR count). The van der Waals surface area contributed by atoms with E-state index < -0.39 is 23.6 Å². The molecular formula is C18H9F3NO3S2-. The lowest BCUT2D eigenvalue weighted by Crippen LogP contribution is -2.27. The average Bonchev–Trinajstić information content (AvgIpc) is 2.88. The highest BCUT2D eigenvalue weighted by molar-refractivity contribution is 8.27. The quantitative estimate of drug-likeness (QED) is 0.575. The molecule has 138 valence electrons. The first kappa shape index (κ1) is 19.1. The molecule has 1 heterocycles. The maximum atomic E-state index is 12.9. The molecule has 0 atom stereocenters. The number of hydrogen-bond acceptors (Lipinski definition) is 5. The summed E-state index contributed by atoms with van der Waals surface area (Å²) in [7, 11) is 0. The predicted octanol–water partition coefficient (Wildman–Crippen LogP) is 3.47. The van der Waals surface area contributed by atoms with Gasteiger partial charge in [0.15, 0.2) is 4.32 Å². The molecule has 0 saturated carbocycles. The fraction of sp³-hybridized carbons (Fsp3) is 0.0556. The van der Waals surface area contributed by atoms with E-state index in [1.54, 1.807) is 0 Å². The van der Waals surface area contributed by atoms with E-state index in [4.69, 9.17) is 12.2 Å². The highest BCUT2D eigenvalue weighted by Gasteiger charge is 2.36. The smallest absolute Gasteiger partial charge is 0.416 e. The summed E-state index contributed by atoms with van der Waals surface area (Å²) < 4.78 is 38.8. The Morgan fingerprint density at radius 3 is 2.41 bits per heavy atom. The van der Waals surface area contributed by atoms with Gasteiger partial charge in [0.2, 0.25) is 0 Å². The van der Waals surface area contributed by atoms with Gasteiger partial charge in [-0.2, -0.15) is 13.2 Å². The molecule has 9 heteroatoms. The Hall–Kier alpha value is -2.65. The zero-order valence-corrected chi connectivity index (χ0v) is 15.0. The van der Waals surface area contributed by atoms with Crippen LogP contribution in [0, 0.1) is 0 Å². The molecule has 2 aromatic carbocycles. The van der Waals surface area contributed by atoms with Gasteiger partial charge in [-0.05, 0) is 35.4 Å². The molecular weight excluding hydrogens is 399 g/mol. The number of carbonyl (C=O) groups is 2. The van der Waals surface area contributed by atoms with Crippen molar-refractivity contribution >= 4 is 51.9 Å². The maximum Gasteiger partial charge on any atom is 0.416 e. The Labute approximate surface area is 161 Å². The fourth-order valence-corrected chi connectivity index (χ4v) is 3.68. The number of hydrogen-bond donors (Lipinski definition) is 0. The van der Waals surface area contributed by atoms with Crippen LogP contribution in [-0.4, -0.2) is 16.2 Å². The summed E-state index contributed by atoms with van der Waals surface area (Å²) in [6, 6.07) is 9.99. The van der Waals surface area contributed by atoms with Gasteiger partial charge in [-0.25, -0.2) is 0 Å². The SMILES string of the molecule is O=C([O-])c1ccc(/C=C2\SC(=S)N(c3cccc(C(F)(F)F)c3)C2=O)cc1. The third kappa shape index (κ3) is 4.04. The number of alkyl halides is 3. The van der Waals surface area contributed by atoms with Crippen LogP contribution in [0.15, 0.2) is 53.4 Å². The number of thiocarbonyl (C=S) groups is 1. The third-order valence-electron chi connectivity index (χ3n) is 3.67. The highest BCUT2D eigenvalue weighted by Crippen LogP contribution is 2.38. The Kier molecular flexibility index (Phi) is 5.07. The molecule has 4 nitrogen and oxygen atoms in total. The van der Waals surface area contributed by atoms with E-state index in [1.807, 2.05) is 0 Å². The minimum atomic E-state index is -4.53. The van der Waals surface area contributed by atoms with E-state index >= 15 is 0 Å². The number of carboxylic acids is 1. The van der Waals surface area contributed by atoms with Gasteiger partial charge in [-0.3, -0.25) is 9.69 Å². The predicted molar refractivity (Wildman–Crippen MR) is 97.9 cm³/mol. The van der Waals surface area contributed by atoms with Crippen LogP contribution in [0.4, 0.5) is 18.9 Å². The van der Waals surface area contributed by atoms with E-state index in [0.717, 1.165) is 28.8 Å². The molecule has 0 N–H and O–H groups in total. The standard InChI is InChI=1S/C18H10F3NO3S2/c19-18(20,21)12-2-1-3-13(9-12)22-15(23)14(27-17(22)26)8-10-4-6-11(7-5-10)16(24)25/h1-9H,(H,24,25)/p-1/b14-8-. The normalized spacial score (nSPS) is 16.3. The summed E-state index contributed by atoms with van der Waals surface area (Å²) in [5.74, 6) is -1.87. The van der Waals surface area contributed by atoms with Gasteiger partial charge in [0.05, 0.1) is 22.1 Å². The van der Waals surface area contributed by atoms with Crippen molar-refractivity contribution < 1.29 is 27.9 Å². The number of amides is 1. The van der Waals surface area contributed by atoms with Crippen molar-refractivity contribution in [1.29, 1.82) is 0 Å². The lowest BCUT2D eigenvalue weighted by Gasteiger charge is -2.16. The molecule has 0 bridgehead atoms. The maximum absolute atomic E-state index is 12.9. The number of aromatic carboxylic acids is 1. The first-order valence-electron chi connectivity index (χ1n) is 7.43. The van der Waals surface area contributed by atoms with Crippen molar-refractivity contribution in [3.8, 4) is 0 Å². The summed E-state index contributed by atoms with van der Waals surface area (Å²) in [6.07, 6.45) is -3.04. The molecule has 0 aliphatic carbocycles. The molecule has 0 spiro atoms. The summed E-state index contributed by atoms with van der Waals surface area (Å²) in [5.41, 5.74) is -0.313. The van der Waals surface area contributed by atoms with Crippen LogP contribution in [0.2, 0.25) is 0 Å². The van der Waals surface area contributed by atoms with Crippen LogP contribution >= 0.6 is 24.0 Å². The number of carbonyl (C=O) groups excluding carboxylic acids is 2. The molecule has 2 aromatic rings. The van der Waals surface area contributed by atoms with Crippen molar-refractivity contribution in [2.45, 2.75) is 6.18 Å². The second-order valence-corrected chi connectivity index (χ2v) is 7.15. The molecule has 0 unspecified atom stereocenters. The number of benzene rings is 2. The van der Waals surface area contributed by atoms with Crippen molar-refractivity contribution in [3.05, 3.63) is 70.1 Å². The third-order valence-corrected chi connectivity index (χ3v) is 4.97. The summed E-state index contributed by atoms with van der Waals surface area (Å²) >= 11 is 6.10. The zero-order chi connectivity index (χ0) is 19.8. The van der Waals surface area contributed by atoms with Crippen molar-refractivity contribution in [1.82, 2.24) is 0 Å².